The number of nitrogens with zero attached hydrogens (tertiary/aromatic N) is 1. The number of halogens is 1. The van der Waals surface area contributed by atoms with E-state index in [0.717, 1.165) is 24.0 Å². The molecule has 1 N–H and O–H groups in total. The van der Waals surface area contributed by atoms with Crippen molar-refractivity contribution >= 4 is 24.3 Å². The first kappa shape index (κ1) is 23.6. The molecular weight excluding hydrogens is 376 g/mol. The van der Waals surface area contributed by atoms with E-state index in [1.165, 1.54) is 0 Å². The first-order chi connectivity index (χ1) is 13.0. The second-order valence-corrected chi connectivity index (χ2v) is 7.07. The van der Waals surface area contributed by atoms with Crippen LogP contribution in [-0.4, -0.2) is 22.9 Å². The molecule has 0 radical (unpaired) electrons. The lowest BCUT2D eigenvalue weighted by Crippen LogP contribution is -2.42. The van der Waals surface area contributed by atoms with Crippen molar-refractivity contribution in [2.45, 2.75) is 52.2 Å². The summed E-state index contributed by atoms with van der Waals surface area (Å²) in [6.45, 7) is 4.43. The number of hydrogen-bond donors (Lipinski definition) is 1. The molecule has 0 aliphatic heterocycles. The van der Waals surface area contributed by atoms with Crippen LogP contribution >= 0.6 is 12.4 Å². The summed E-state index contributed by atoms with van der Waals surface area (Å²) in [6.07, 6.45) is 5.46. The van der Waals surface area contributed by atoms with Crippen LogP contribution in [0.4, 0.5) is 4.79 Å². The molecule has 0 aliphatic carbocycles. The molecular formula is C22H29ClN2O3. The summed E-state index contributed by atoms with van der Waals surface area (Å²) in [6, 6.07) is 12.7. The number of rotatable bonds is 10. The maximum atomic E-state index is 12.7. The van der Waals surface area contributed by atoms with Gasteiger partial charge >= 0.3 is 6.09 Å². The summed E-state index contributed by atoms with van der Waals surface area (Å²) in [5.74, 6) is 0.601. The number of carbonyl (C=O) groups excluding carboxylic acids is 2. The lowest BCUT2D eigenvalue weighted by atomic mass is 9.97. The molecule has 1 amide bonds. The van der Waals surface area contributed by atoms with Gasteiger partial charge in [-0.25, -0.2) is 4.79 Å². The predicted octanol–water partition coefficient (Wildman–Crippen LogP) is 4.74. The number of carbonyl (C=O) groups is 2. The molecule has 1 heterocycles. The first-order valence-corrected chi connectivity index (χ1v) is 9.43. The zero-order valence-corrected chi connectivity index (χ0v) is 17.3. The lowest BCUT2D eigenvalue weighted by Gasteiger charge is -2.18. The van der Waals surface area contributed by atoms with Crippen LogP contribution < -0.4 is 5.32 Å². The number of benzene rings is 1. The Kier molecular flexibility index (Phi) is 10.9. The second kappa shape index (κ2) is 12.9. The quantitative estimate of drug-likeness (QED) is 0.621. The topological polar surface area (TPSA) is 68.3 Å². The highest BCUT2D eigenvalue weighted by Crippen LogP contribution is 2.11. The van der Waals surface area contributed by atoms with Crippen molar-refractivity contribution in [1.82, 2.24) is 10.3 Å². The second-order valence-electron chi connectivity index (χ2n) is 7.07. The Bertz CT molecular complexity index is 708. The van der Waals surface area contributed by atoms with Crippen LogP contribution in [0.2, 0.25) is 0 Å². The van der Waals surface area contributed by atoms with Gasteiger partial charge in [0.1, 0.15) is 6.61 Å². The predicted molar refractivity (Wildman–Crippen MR) is 112 cm³/mol. The van der Waals surface area contributed by atoms with E-state index in [0.29, 0.717) is 18.8 Å². The van der Waals surface area contributed by atoms with Crippen molar-refractivity contribution in [3.05, 3.63) is 66.0 Å². The zero-order chi connectivity index (χ0) is 19.5. The van der Waals surface area contributed by atoms with Gasteiger partial charge in [0.15, 0.2) is 5.78 Å². The van der Waals surface area contributed by atoms with Gasteiger partial charge in [-0.05, 0) is 42.0 Å². The minimum Gasteiger partial charge on any atom is -0.445 e. The fourth-order valence-corrected chi connectivity index (χ4v) is 2.77. The Balaban J connectivity index is 0.00000392. The fourth-order valence-electron chi connectivity index (χ4n) is 2.77. The van der Waals surface area contributed by atoms with E-state index >= 15 is 0 Å². The third-order valence-electron chi connectivity index (χ3n) is 4.29. The molecule has 2 rings (SSSR count). The maximum Gasteiger partial charge on any atom is 0.408 e. The van der Waals surface area contributed by atoms with Crippen molar-refractivity contribution in [1.29, 1.82) is 0 Å². The number of alkyl carbamates (subject to hydrolysis) is 1. The van der Waals surface area contributed by atoms with Gasteiger partial charge in [-0.1, -0.05) is 50.6 Å². The third-order valence-corrected chi connectivity index (χ3v) is 4.29. The standard InChI is InChI=1S/C22H28N2O3.ClH/c1-17(2)7-6-10-21(25)20(15-18-8-4-3-5-9-18)24-22(26)27-16-19-11-13-23-14-12-19;/h3-5,8-9,11-14,17,20H,6-7,10,15-16H2,1-2H3,(H,24,26);1H/t20-;/m0./s1. The van der Waals surface area contributed by atoms with Gasteiger partial charge in [-0.15, -0.1) is 12.4 Å². The minimum atomic E-state index is -0.579. The van der Waals surface area contributed by atoms with Crippen LogP contribution in [0.3, 0.4) is 0 Å². The van der Waals surface area contributed by atoms with E-state index < -0.39 is 12.1 Å². The van der Waals surface area contributed by atoms with Gasteiger partial charge < -0.3 is 10.1 Å². The van der Waals surface area contributed by atoms with Crippen molar-refractivity contribution in [3.8, 4) is 0 Å². The molecule has 5 nitrogen and oxygen atoms in total. The lowest BCUT2D eigenvalue weighted by molar-refractivity contribution is -0.121. The number of ketones is 1. The van der Waals surface area contributed by atoms with Gasteiger partial charge in [0.25, 0.3) is 0 Å². The van der Waals surface area contributed by atoms with Crippen LogP contribution in [0.15, 0.2) is 54.9 Å². The zero-order valence-electron chi connectivity index (χ0n) is 16.5. The molecule has 6 heteroatoms. The van der Waals surface area contributed by atoms with Gasteiger partial charge in [-0.3, -0.25) is 9.78 Å². The number of nitrogens with one attached hydrogen (secondary N) is 1. The monoisotopic (exact) mass is 404 g/mol. The Hall–Kier alpha value is -2.40. The Morgan fingerprint density at radius 2 is 1.71 bits per heavy atom. The molecule has 0 aliphatic rings. The highest BCUT2D eigenvalue weighted by molar-refractivity contribution is 5.87. The van der Waals surface area contributed by atoms with E-state index in [-0.39, 0.29) is 24.8 Å². The van der Waals surface area contributed by atoms with Crippen molar-refractivity contribution in [2.75, 3.05) is 0 Å². The minimum absolute atomic E-state index is 0. The van der Waals surface area contributed by atoms with Crippen molar-refractivity contribution < 1.29 is 14.3 Å². The maximum absolute atomic E-state index is 12.7. The summed E-state index contributed by atoms with van der Waals surface area (Å²) in [5, 5.41) is 2.75. The molecule has 0 bridgehead atoms. The molecule has 28 heavy (non-hydrogen) atoms. The molecule has 0 fully saturated rings. The molecule has 0 spiro atoms. The van der Waals surface area contributed by atoms with E-state index in [4.69, 9.17) is 4.74 Å². The molecule has 1 aromatic carbocycles. The smallest absolute Gasteiger partial charge is 0.408 e. The van der Waals surface area contributed by atoms with E-state index in [9.17, 15) is 9.59 Å². The van der Waals surface area contributed by atoms with E-state index in [1.807, 2.05) is 30.3 Å². The average molecular weight is 405 g/mol. The average Bonchev–Trinajstić information content (AvgIpc) is 2.67. The number of aromatic nitrogens is 1. The largest absolute Gasteiger partial charge is 0.445 e. The van der Waals surface area contributed by atoms with Gasteiger partial charge in [0.05, 0.1) is 6.04 Å². The molecule has 2 aromatic rings. The summed E-state index contributed by atoms with van der Waals surface area (Å²) in [5.41, 5.74) is 1.86. The van der Waals surface area contributed by atoms with Gasteiger partial charge in [0, 0.05) is 18.8 Å². The number of pyridine rings is 1. The van der Waals surface area contributed by atoms with Crippen LogP contribution in [-0.2, 0) is 22.6 Å². The fraction of sp³-hybridized carbons (Fsp3) is 0.409. The molecule has 0 unspecified atom stereocenters. The Labute approximate surface area is 173 Å². The van der Waals surface area contributed by atoms with E-state index in [2.05, 4.69) is 24.1 Å². The van der Waals surface area contributed by atoms with E-state index in [1.54, 1.807) is 24.5 Å². The first-order valence-electron chi connectivity index (χ1n) is 9.43. The summed E-state index contributed by atoms with van der Waals surface area (Å²) in [7, 11) is 0. The molecule has 1 aromatic heterocycles. The normalized spacial score (nSPS) is 11.4. The van der Waals surface area contributed by atoms with Crippen LogP contribution in [0.5, 0.6) is 0 Å². The summed E-state index contributed by atoms with van der Waals surface area (Å²) < 4.78 is 5.26. The van der Waals surface area contributed by atoms with Crippen molar-refractivity contribution in [3.63, 3.8) is 0 Å². The van der Waals surface area contributed by atoms with Crippen LogP contribution in [0, 0.1) is 5.92 Å². The summed E-state index contributed by atoms with van der Waals surface area (Å²) >= 11 is 0. The highest BCUT2D eigenvalue weighted by Gasteiger charge is 2.21. The number of amides is 1. The molecule has 1 atom stereocenters. The third kappa shape index (κ3) is 9.00. The number of hydrogen-bond acceptors (Lipinski definition) is 4. The SMILES string of the molecule is CC(C)CCCC(=O)[C@H](Cc1ccccc1)NC(=O)OCc1ccncc1.Cl. The number of ether oxygens (including phenoxy) is 1. The molecule has 0 saturated heterocycles. The van der Waals surface area contributed by atoms with Crippen LogP contribution in [0.1, 0.15) is 44.2 Å². The molecule has 0 saturated carbocycles. The van der Waals surface area contributed by atoms with Crippen LogP contribution in [0.25, 0.3) is 0 Å². The van der Waals surface area contributed by atoms with Crippen molar-refractivity contribution in [2.24, 2.45) is 5.92 Å². The molecule has 152 valence electrons. The Morgan fingerprint density at radius 1 is 1.04 bits per heavy atom. The Morgan fingerprint density at radius 3 is 2.36 bits per heavy atom. The van der Waals surface area contributed by atoms with Gasteiger partial charge in [0.2, 0.25) is 0 Å². The number of Topliss-reactive ketones (excluding diaryl/α,β-unsaturated/α-hetero) is 1. The van der Waals surface area contributed by atoms with Gasteiger partial charge in [-0.2, -0.15) is 0 Å². The highest BCUT2D eigenvalue weighted by atomic mass is 35.5. The summed E-state index contributed by atoms with van der Waals surface area (Å²) in [4.78, 5) is 28.8.